The van der Waals surface area contributed by atoms with Crippen LogP contribution in [0.25, 0.3) is 11.3 Å². The molecule has 19 heavy (non-hydrogen) atoms. The lowest BCUT2D eigenvalue weighted by atomic mass is 10.1. The van der Waals surface area contributed by atoms with Gasteiger partial charge >= 0.3 is 12.3 Å². The number of halogens is 2. The zero-order chi connectivity index (χ0) is 14.0. The molecule has 0 aliphatic carbocycles. The molecule has 0 fully saturated rings. The summed E-state index contributed by atoms with van der Waals surface area (Å²) in [7, 11) is 0. The molecule has 0 amide bonds. The Morgan fingerprint density at radius 1 is 1.47 bits per heavy atom. The molecule has 0 radical (unpaired) electrons. The summed E-state index contributed by atoms with van der Waals surface area (Å²) >= 11 is 0. The van der Waals surface area contributed by atoms with E-state index in [0.29, 0.717) is 0 Å². The van der Waals surface area contributed by atoms with Crippen molar-refractivity contribution in [2.24, 2.45) is 0 Å². The number of aromatic amines is 1. The molecule has 1 N–H and O–H groups in total. The number of nitrogens with zero attached hydrogens (tertiary/aromatic N) is 2. The first-order valence-corrected chi connectivity index (χ1v) is 5.22. The van der Waals surface area contributed by atoms with Crippen molar-refractivity contribution in [2.45, 2.75) is 13.5 Å². The first kappa shape index (κ1) is 12.9. The molecule has 0 aliphatic heterocycles. The van der Waals surface area contributed by atoms with E-state index in [0.717, 1.165) is 11.8 Å². The lowest BCUT2D eigenvalue weighted by molar-refractivity contribution is -0.384. The van der Waals surface area contributed by atoms with Crippen LogP contribution in [0.3, 0.4) is 0 Å². The first-order chi connectivity index (χ1) is 8.99. The highest BCUT2D eigenvalue weighted by molar-refractivity contribution is 5.75. The molecule has 1 heterocycles. The van der Waals surface area contributed by atoms with Crippen LogP contribution in [0.15, 0.2) is 24.4 Å². The predicted molar refractivity (Wildman–Crippen MR) is 62.0 cm³/mol. The van der Waals surface area contributed by atoms with Crippen LogP contribution >= 0.6 is 0 Å². The first-order valence-electron chi connectivity index (χ1n) is 5.22. The number of aryl methyl sites for hydroxylation is 1. The minimum absolute atomic E-state index is 0.0318. The Morgan fingerprint density at radius 2 is 2.21 bits per heavy atom. The fourth-order valence-electron chi connectivity index (χ4n) is 1.65. The van der Waals surface area contributed by atoms with Gasteiger partial charge < -0.3 is 4.74 Å². The number of ether oxygens (including phenoxy) is 1. The third kappa shape index (κ3) is 2.67. The maximum absolute atomic E-state index is 12.3. The molecule has 0 spiro atoms. The number of rotatable bonds is 4. The van der Waals surface area contributed by atoms with Crippen molar-refractivity contribution < 1.29 is 18.4 Å². The molecule has 0 unspecified atom stereocenters. The molecule has 0 saturated carbocycles. The fraction of sp³-hybridized carbons (Fsp3) is 0.182. The van der Waals surface area contributed by atoms with Crippen molar-refractivity contribution in [3.8, 4) is 17.0 Å². The Balaban J connectivity index is 2.56. The van der Waals surface area contributed by atoms with E-state index in [2.05, 4.69) is 14.9 Å². The highest BCUT2D eigenvalue weighted by atomic mass is 19.3. The monoisotopic (exact) mass is 269 g/mol. The van der Waals surface area contributed by atoms with Gasteiger partial charge in [0.2, 0.25) is 0 Å². The SMILES string of the molecule is Cc1ccc(OC(F)F)c(-c2[nH]ncc2[N+](=O)[O-])c1. The van der Waals surface area contributed by atoms with Gasteiger partial charge in [-0.3, -0.25) is 15.2 Å². The van der Waals surface area contributed by atoms with Crippen molar-refractivity contribution in [3.05, 3.63) is 40.1 Å². The van der Waals surface area contributed by atoms with E-state index in [9.17, 15) is 18.9 Å². The van der Waals surface area contributed by atoms with E-state index in [1.807, 2.05) is 0 Å². The van der Waals surface area contributed by atoms with Gasteiger partial charge in [0.15, 0.2) is 0 Å². The second-order valence-corrected chi connectivity index (χ2v) is 3.77. The largest absolute Gasteiger partial charge is 0.434 e. The molecule has 8 heteroatoms. The Morgan fingerprint density at radius 3 is 2.84 bits per heavy atom. The normalized spacial score (nSPS) is 10.7. The van der Waals surface area contributed by atoms with Crippen molar-refractivity contribution in [1.82, 2.24) is 10.2 Å². The Labute approximate surface area is 106 Å². The molecule has 2 rings (SSSR count). The summed E-state index contributed by atoms with van der Waals surface area (Å²) in [6.45, 7) is -1.28. The van der Waals surface area contributed by atoms with E-state index in [1.54, 1.807) is 13.0 Å². The molecule has 1 aromatic carbocycles. The van der Waals surface area contributed by atoms with Gasteiger partial charge in [0, 0.05) is 5.56 Å². The number of nitrogens with one attached hydrogen (secondary N) is 1. The van der Waals surface area contributed by atoms with E-state index in [4.69, 9.17) is 0 Å². The molecule has 0 saturated heterocycles. The van der Waals surface area contributed by atoms with E-state index in [1.165, 1.54) is 12.1 Å². The summed E-state index contributed by atoms with van der Waals surface area (Å²) in [5.74, 6) is -0.145. The second-order valence-electron chi connectivity index (χ2n) is 3.77. The number of hydrogen-bond donors (Lipinski definition) is 1. The standard InChI is InChI=1S/C11H9F2N3O3/c1-6-2-3-9(19-11(12)13)7(4-6)10-8(16(17)18)5-14-15-10/h2-5,11H,1H3,(H,14,15). The number of benzene rings is 1. The lowest BCUT2D eigenvalue weighted by Crippen LogP contribution is -2.04. The lowest BCUT2D eigenvalue weighted by Gasteiger charge is -2.10. The molecular weight excluding hydrogens is 260 g/mol. The van der Waals surface area contributed by atoms with Crippen LogP contribution in [0, 0.1) is 17.0 Å². The molecule has 0 aliphatic rings. The summed E-state index contributed by atoms with van der Waals surface area (Å²) in [5, 5.41) is 16.8. The maximum atomic E-state index is 12.3. The summed E-state index contributed by atoms with van der Waals surface area (Å²) in [5.41, 5.74) is 0.652. The summed E-state index contributed by atoms with van der Waals surface area (Å²) in [6.07, 6.45) is 1.02. The molecule has 6 nitrogen and oxygen atoms in total. The van der Waals surface area contributed by atoms with E-state index in [-0.39, 0.29) is 22.7 Å². The summed E-state index contributed by atoms with van der Waals surface area (Å²) < 4.78 is 29.0. The number of H-pyrrole nitrogens is 1. The van der Waals surface area contributed by atoms with Gasteiger partial charge in [-0.15, -0.1) is 0 Å². The highest BCUT2D eigenvalue weighted by Crippen LogP contribution is 2.35. The van der Waals surface area contributed by atoms with E-state index < -0.39 is 11.5 Å². The number of aromatic nitrogens is 2. The van der Waals surface area contributed by atoms with Gasteiger partial charge in [0.05, 0.1) is 4.92 Å². The number of alkyl halides is 2. The Hall–Kier alpha value is -2.51. The van der Waals surface area contributed by atoms with Crippen LogP contribution in [0.5, 0.6) is 5.75 Å². The smallest absolute Gasteiger partial charge is 0.387 e. The van der Waals surface area contributed by atoms with Crippen molar-refractivity contribution in [3.63, 3.8) is 0 Å². The minimum atomic E-state index is -3.01. The summed E-state index contributed by atoms with van der Waals surface area (Å²) in [4.78, 5) is 10.2. The van der Waals surface area contributed by atoms with Gasteiger partial charge in [-0.1, -0.05) is 11.6 Å². The molecule has 0 atom stereocenters. The van der Waals surface area contributed by atoms with Crippen molar-refractivity contribution in [1.29, 1.82) is 0 Å². The van der Waals surface area contributed by atoms with Crippen LogP contribution < -0.4 is 4.74 Å². The molecular formula is C11H9F2N3O3. The second kappa shape index (κ2) is 5.01. The summed E-state index contributed by atoms with van der Waals surface area (Å²) in [6, 6.07) is 4.42. The third-order valence-electron chi connectivity index (χ3n) is 2.44. The van der Waals surface area contributed by atoms with Gasteiger partial charge in [0.25, 0.3) is 0 Å². The quantitative estimate of drug-likeness (QED) is 0.683. The average molecular weight is 269 g/mol. The van der Waals surface area contributed by atoms with Gasteiger partial charge in [-0.25, -0.2) is 0 Å². The topological polar surface area (TPSA) is 81.0 Å². The van der Waals surface area contributed by atoms with E-state index >= 15 is 0 Å². The predicted octanol–water partition coefficient (Wildman–Crippen LogP) is 2.89. The third-order valence-corrected chi connectivity index (χ3v) is 2.44. The van der Waals surface area contributed by atoms with Crippen LogP contribution in [0.2, 0.25) is 0 Å². The van der Waals surface area contributed by atoms with Crippen LogP contribution in [0.1, 0.15) is 5.56 Å². The van der Waals surface area contributed by atoms with Crippen molar-refractivity contribution in [2.75, 3.05) is 0 Å². The van der Waals surface area contributed by atoms with Crippen LogP contribution in [-0.2, 0) is 0 Å². The molecule has 1 aromatic heterocycles. The van der Waals surface area contributed by atoms with Crippen LogP contribution in [0.4, 0.5) is 14.5 Å². The fourth-order valence-corrected chi connectivity index (χ4v) is 1.65. The minimum Gasteiger partial charge on any atom is -0.434 e. The Kier molecular flexibility index (Phi) is 3.41. The zero-order valence-electron chi connectivity index (χ0n) is 9.76. The Bertz CT molecular complexity index is 613. The average Bonchev–Trinajstić information content (AvgIpc) is 2.79. The number of nitro groups is 1. The van der Waals surface area contributed by atoms with Crippen molar-refractivity contribution >= 4 is 5.69 Å². The molecule has 0 bridgehead atoms. The van der Waals surface area contributed by atoms with Gasteiger partial charge in [0.1, 0.15) is 17.6 Å². The number of hydrogen-bond acceptors (Lipinski definition) is 4. The highest BCUT2D eigenvalue weighted by Gasteiger charge is 2.22. The van der Waals surface area contributed by atoms with Gasteiger partial charge in [-0.2, -0.15) is 13.9 Å². The zero-order valence-corrected chi connectivity index (χ0v) is 9.76. The molecule has 100 valence electrons. The maximum Gasteiger partial charge on any atom is 0.387 e. The van der Waals surface area contributed by atoms with Gasteiger partial charge in [-0.05, 0) is 19.1 Å². The van der Waals surface area contributed by atoms with Crippen LogP contribution in [-0.4, -0.2) is 21.7 Å². The molecule has 2 aromatic rings.